The summed E-state index contributed by atoms with van der Waals surface area (Å²) in [6.45, 7) is 4.77. The lowest BCUT2D eigenvalue weighted by Gasteiger charge is -2.34. The molecule has 0 spiro atoms. The molecule has 2 atom stereocenters. The Hall–Kier alpha value is -0.490. The normalized spacial score (nSPS) is 23.0. The van der Waals surface area contributed by atoms with Gasteiger partial charge in [0.2, 0.25) is 0 Å². The molecule has 1 saturated heterocycles. The summed E-state index contributed by atoms with van der Waals surface area (Å²) >= 11 is 3.26. The second-order valence-corrected chi connectivity index (χ2v) is 5.65. The van der Waals surface area contributed by atoms with Gasteiger partial charge in [-0.2, -0.15) is 0 Å². The first-order valence-corrected chi connectivity index (χ1v) is 6.89. The number of ether oxygens (including phenoxy) is 1. The summed E-state index contributed by atoms with van der Waals surface area (Å²) in [5.41, 5.74) is 6.55. The summed E-state index contributed by atoms with van der Waals surface area (Å²) in [5, 5.41) is 0. The Morgan fingerprint density at radius 1 is 1.61 bits per heavy atom. The topological polar surface area (TPSA) is 38.5 Å². The summed E-state index contributed by atoms with van der Waals surface area (Å²) in [6, 6.07) is 5.18. The molecule has 0 saturated carbocycles. The lowest BCUT2D eigenvalue weighted by molar-refractivity contribution is -0.0406. The molecule has 18 heavy (non-hydrogen) atoms. The fourth-order valence-electron chi connectivity index (χ4n) is 2.08. The zero-order valence-electron chi connectivity index (χ0n) is 10.4. The molecule has 100 valence electrons. The molecule has 3 nitrogen and oxygen atoms in total. The van der Waals surface area contributed by atoms with Crippen molar-refractivity contribution in [3.63, 3.8) is 0 Å². The van der Waals surface area contributed by atoms with Crippen LogP contribution in [0.15, 0.2) is 22.7 Å². The van der Waals surface area contributed by atoms with Crippen LogP contribution in [0.25, 0.3) is 0 Å². The Bertz CT molecular complexity index is 414. The van der Waals surface area contributed by atoms with Crippen LogP contribution in [0.3, 0.4) is 0 Å². The zero-order chi connectivity index (χ0) is 13.1. The van der Waals surface area contributed by atoms with Crippen LogP contribution >= 0.6 is 15.9 Å². The van der Waals surface area contributed by atoms with Crippen LogP contribution < -0.4 is 5.73 Å². The minimum Gasteiger partial charge on any atom is -0.374 e. The van der Waals surface area contributed by atoms with Gasteiger partial charge in [-0.05, 0) is 19.1 Å². The first kappa shape index (κ1) is 13.9. The Kier molecular flexibility index (Phi) is 4.72. The highest BCUT2D eigenvalue weighted by atomic mass is 79.9. The quantitative estimate of drug-likeness (QED) is 0.928. The van der Waals surface area contributed by atoms with Crippen LogP contribution in [0.1, 0.15) is 12.5 Å². The average Bonchev–Trinajstić information content (AvgIpc) is 2.33. The minimum atomic E-state index is -0.173. The highest BCUT2D eigenvalue weighted by Crippen LogP contribution is 2.18. The molecule has 0 amide bonds. The van der Waals surface area contributed by atoms with Gasteiger partial charge in [0.25, 0.3) is 0 Å². The van der Waals surface area contributed by atoms with Crippen molar-refractivity contribution < 1.29 is 9.13 Å². The van der Waals surface area contributed by atoms with E-state index in [9.17, 15) is 4.39 Å². The first-order chi connectivity index (χ1) is 8.56. The molecular formula is C13H18BrFN2O. The van der Waals surface area contributed by atoms with Crippen LogP contribution in [0, 0.1) is 5.82 Å². The summed E-state index contributed by atoms with van der Waals surface area (Å²) in [6.07, 6.45) is 0.0391. The third-order valence-electron chi connectivity index (χ3n) is 3.17. The number of hydrogen-bond acceptors (Lipinski definition) is 3. The van der Waals surface area contributed by atoms with Gasteiger partial charge in [-0.1, -0.05) is 22.0 Å². The SMILES string of the molecule is CC(N)C1CN(Cc2ccc(Br)cc2F)CCO1. The van der Waals surface area contributed by atoms with Crippen molar-refractivity contribution in [1.29, 1.82) is 0 Å². The molecule has 1 aliphatic rings. The van der Waals surface area contributed by atoms with E-state index in [0.29, 0.717) is 18.7 Å². The molecule has 0 radical (unpaired) electrons. The van der Waals surface area contributed by atoms with Crippen molar-refractivity contribution in [2.75, 3.05) is 19.7 Å². The number of nitrogens with two attached hydrogens (primary N) is 1. The Balaban J connectivity index is 2.00. The predicted molar refractivity (Wildman–Crippen MR) is 72.8 cm³/mol. The summed E-state index contributed by atoms with van der Waals surface area (Å²) in [4.78, 5) is 2.18. The zero-order valence-corrected chi connectivity index (χ0v) is 12.0. The van der Waals surface area contributed by atoms with Crippen LogP contribution in [0.2, 0.25) is 0 Å². The van der Waals surface area contributed by atoms with Crippen molar-refractivity contribution in [3.05, 3.63) is 34.1 Å². The molecule has 1 heterocycles. The van der Waals surface area contributed by atoms with Crippen LogP contribution in [-0.2, 0) is 11.3 Å². The van der Waals surface area contributed by atoms with Gasteiger partial charge >= 0.3 is 0 Å². The molecule has 0 aromatic heterocycles. The van der Waals surface area contributed by atoms with Crippen LogP contribution in [0.4, 0.5) is 4.39 Å². The maximum Gasteiger partial charge on any atom is 0.128 e. The third kappa shape index (κ3) is 3.51. The Labute approximate surface area is 115 Å². The predicted octanol–water partition coefficient (Wildman–Crippen LogP) is 2.14. The van der Waals surface area contributed by atoms with Gasteiger partial charge in [0.1, 0.15) is 5.82 Å². The fourth-order valence-corrected chi connectivity index (χ4v) is 2.42. The highest BCUT2D eigenvalue weighted by Gasteiger charge is 2.23. The molecule has 0 aliphatic carbocycles. The van der Waals surface area contributed by atoms with E-state index in [0.717, 1.165) is 17.6 Å². The second-order valence-electron chi connectivity index (χ2n) is 4.74. The highest BCUT2D eigenvalue weighted by molar-refractivity contribution is 9.10. The van der Waals surface area contributed by atoms with Crippen LogP contribution in [0.5, 0.6) is 0 Å². The van der Waals surface area contributed by atoms with Crippen LogP contribution in [-0.4, -0.2) is 36.7 Å². The van der Waals surface area contributed by atoms with E-state index >= 15 is 0 Å². The number of halogens is 2. The smallest absolute Gasteiger partial charge is 0.128 e. The molecule has 1 aromatic carbocycles. The van der Waals surface area contributed by atoms with Gasteiger partial charge in [0, 0.05) is 35.7 Å². The van der Waals surface area contributed by atoms with Gasteiger partial charge in [-0.15, -0.1) is 0 Å². The van der Waals surface area contributed by atoms with E-state index in [1.165, 1.54) is 6.07 Å². The van der Waals surface area contributed by atoms with E-state index in [2.05, 4.69) is 20.8 Å². The number of rotatable bonds is 3. The molecule has 1 fully saturated rings. The molecule has 1 aromatic rings. The molecule has 2 unspecified atom stereocenters. The van der Waals surface area contributed by atoms with Gasteiger partial charge in [-0.25, -0.2) is 4.39 Å². The van der Waals surface area contributed by atoms with E-state index in [1.54, 1.807) is 0 Å². The lowest BCUT2D eigenvalue weighted by Crippen LogP contribution is -2.49. The van der Waals surface area contributed by atoms with Gasteiger partial charge < -0.3 is 10.5 Å². The van der Waals surface area contributed by atoms with Crippen molar-refractivity contribution in [3.8, 4) is 0 Å². The molecule has 2 rings (SSSR count). The third-order valence-corrected chi connectivity index (χ3v) is 3.67. The average molecular weight is 317 g/mol. The van der Waals surface area contributed by atoms with E-state index in [-0.39, 0.29) is 18.0 Å². The maximum atomic E-state index is 13.7. The standard InChI is InChI=1S/C13H18BrFN2O/c1-9(16)13-8-17(4-5-18-13)7-10-2-3-11(14)6-12(10)15/h2-3,6,9,13H,4-5,7-8,16H2,1H3. The number of morpholine rings is 1. The monoisotopic (exact) mass is 316 g/mol. The summed E-state index contributed by atoms with van der Waals surface area (Å²) < 4.78 is 20.1. The molecular weight excluding hydrogens is 299 g/mol. The fraction of sp³-hybridized carbons (Fsp3) is 0.538. The Morgan fingerprint density at radius 2 is 2.39 bits per heavy atom. The number of hydrogen-bond donors (Lipinski definition) is 1. The van der Waals surface area contributed by atoms with Gasteiger partial charge in [0.05, 0.1) is 12.7 Å². The maximum absolute atomic E-state index is 13.7. The number of nitrogens with zero attached hydrogens (tertiary/aromatic N) is 1. The molecule has 0 bridgehead atoms. The number of benzene rings is 1. The van der Waals surface area contributed by atoms with Crippen molar-refractivity contribution in [2.24, 2.45) is 5.73 Å². The van der Waals surface area contributed by atoms with E-state index in [1.807, 2.05) is 19.1 Å². The Morgan fingerprint density at radius 3 is 3.06 bits per heavy atom. The van der Waals surface area contributed by atoms with Crippen molar-refractivity contribution in [2.45, 2.75) is 25.6 Å². The summed E-state index contributed by atoms with van der Waals surface area (Å²) in [7, 11) is 0. The van der Waals surface area contributed by atoms with E-state index in [4.69, 9.17) is 10.5 Å². The van der Waals surface area contributed by atoms with E-state index < -0.39 is 0 Å². The van der Waals surface area contributed by atoms with Crippen molar-refractivity contribution >= 4 is 15.9 Å². The first-order valence-electron chi connectivity index (χ1n) is 6.09. The largest absolute Gasteiger partial charge is 0.374 e. The minimum absolute atomic E-state index is 0.00237. The van der Waals surface area contributed by atoms with Gasteiger partial charge in [-0.3, -0.25) is 4.90 Å². The van der Waals surface area contributed by atoms with Crippen molar-refractivity contribution in [1.82, 2.24) is 4.90 Å². The molecule has 2 N–H and O–H groups in total. The lowest BCUT2D eigenvalue weighted by atomic mass is 10.1. The molecule has 1 aliphatic heterocycles. The van der Waals surface area contributed by atoms with Gasteiger partial charge in [0.15, 0.2) is 0 Å². The second kappa shape index (κ2) is 6.10. The molecule has 5 heteroatoms. The summed E-state index contributed by atoms with van der Waals surface area (Å²) in [5.74, 6) is -0.173.